The Balaban J connectivity index is 2.03. The van der Waals surface area contributed by atoms with Gasteiger partial charge in [-0.2, -0.15) is 0 Å². The van der Waals surface area contributed by atoms with E-state index in [0.717, 1.165) is 11.1 Å². The molecule has 0 N–H and O–H groups in total. The molecule has 1 aliphatic carbocycles. The van der Waals surface area contributed by atoms with Crippen molar-refractivity contribution in [2.75, 3.05) is 13.9 Å². The molecule has 4 atom stereocenters. The zero-order chi connectivity index (χ0) is 28.7. The van der Waals surface area contributed by atoms with Crippen molar-refractivity contribution in [1.82, 2.24) is 0 Å². The van der Waals surface area contributed by atoms with E-state index in [4.69, 9.17) is 23.4 Å². The maximum Gasteiger partial charge on any atom is 0.192 e. The topological polar surface area (TPSA) is 63.2 Å². The molecule has 7 heteroatoms. The average Bonchev–Trinajstić information content (AvgIpc) is 2.90. The lowest BCUT2D eigenvalue weighted by molar-refractivity contribution is -0.175. The van der Waals surface area contributed by atoms with Crippen molar-refractivity contribution in [3.8, 4) is 0 Å². The monoisotopic (exact) mass is 554 g/mol. The molecule has 0 amide bonds. The van der Waals surface area contributed by atoms with Gasteiger partial charge in [-0.25, -0.2) is 0 Å². The van der Waals surface area contributed by atoms with Gasteiger partial charge in [-0.15, -0.1) is 0 Å². The van der Waals surface area contributed by atoms with Gasteiger partial charge in [0.1, 0.15) is 25.1 Å². The first kappa shape index (κ1) is 31.4. The Hall–Kier alpha value is -2.13. The number of carbonyl (C=O) groups is 1. The molecule has 6 nitrogen and oxygen atoms in total. The third-order valence-electron chi connectivity index (χ3n) is 7.87. The maximum absolute atomic E-state index is 14.2. The first-order chi connectivity index (χ1) is 18.4. The molecule has 0 spiro atoms. The Kier molecular flexibility index (Phi) is 10.9. The molecule has 0 bridgehead atoms. The van der Waals surface area contributed by atoms with Crippen molar-refractivity contribution in [3.63, 3.8) is 0 Å². The van der Waals surface area contributed by atoms with Crippen LogP contribution in [0.2, 0.25) is 18.1 Å². The average molecular weight is 555 g/mol. The van der Waals surface area contributed by atoms with Crippen LogP contribution in [-0.2, 0) is 41.4 Å². The first-order valence-electron chi connectivity index (χ1n) is 13.7. The van der Waals surface area contributed by atoms with Gasteiger partial charge in [-0.1, -0.05) is 101 Å². The minimum absolute atomic E-state index is 0.0445. The van der Waals surface area contributed by atoms with E-state index in [1.807, 2.05) is 80.6 Å². The standard InChI is InChI=1S/C32H46O6Si/c1-31(2,3)39(7,8)38-30-28(36-22-25-17-13-10-14-18-25)26(37-23-34-6)19-20-27(29(33)32(30,4)5)35-21-24-15-11-9-12-16-24/h9-20,26-28,30H,21-23H2,1-8H3/b20-19-. The summed E-state index contributed by atoms with van der Waals surface area (Å²) < 4.78 is 31.3. The molecule has 0 heterocycles. The van der Waals surface area contributed by atoms with Gasteiger partial charge in [0.25, 0.3) is 0 Å². The lowest BCUT2D eigenvalue weighted by Crippen LogP contribution is -2.60. The number of carbonyl (C=O) groups excluding carboxylic acids is 1. The molecule has 1 aliphatic rings. The predicted octanol–water partition coefficient (Wildman–Crippen LogP) is 6.70. The highest BCUT2D eigenvalue weighted by Gasteiger charge is 2.52. The molecule has 0 aliphatic heterocycles. The molecule has 3 rings (SSSR count). The molecule has 0 radical (unpaired) electrons. The van der Waals surface area contributed by atoms with Crippen LogP contribution in [0.5, 0.6) is 0 Å². The van der Waals surface area contributed by atoms with Crippen molar-refractivity contribution in [2.24, 2.45) is 5.41 Å². The summed E-state index contributed by atoms with van der Waals surface area (Å²) in [5, 5.41) is -0.0690. The third kappa shape index (κ3) is 8.19. The van der Waals surface area contributed by atoms with Crippen LogP contribution in [0, 0.1) is 5.41 Å². The zero-order valence-corrected chi connectivity index (χ0v) is 25.8. The zero-order valence-electron chi connectivity index (χ0n) is 24.8. The highest BCUT2D eigenvalue weighted by atomic mass is 28.4. The molecule has 0 saturated heterocycles. The lowest BCUT2D eigenvalue weighted by atomic mass is 9.75. The van der Waals surface area contributed by atoms with Gasteiger partial charge in [-0.3, -0.25) is 4.79 Å². The second kappa shape index (κ2) is 13.5. The predicted molar refractivity (Wildman–Crippen MR) is 157 cm³/mol. The Bertz CT molecular complexity index is 1060. The highest BCUT2D eigenvalue weighted by molar-refractivity contribution is 6.74. The van der Waals surface area contributed by atoms with Gasteiger partial charge >= 0.3 is 0 Å². The van der Waals surface area contributed by atoms with E-state index in [2.05, 4.69) is 33.9 Å². The van der Waals surface area contributed by atoms with Crippen LogP contribution in [-0.4, -0.2) is 52.4 Å². The molecular weight excluding hydrogens is 508 g/mol. The van der Waals surface area contributed by atoms with Crippen LogP contribution in [0.4, 0.5) is 0 Å². The van der Waals surface area contributed by atoms with Crippen LogP contribution in [0.1, 0.15) is 45.7 Å². The van der Waals surface area contributed by atoms with Crippen molar-refractivity contribution in [1.29, 1.82) is 0 Å². The molecule has 0 aromatic heterocycles. The summed E-state index contributed by atoms with van der Waals surface area (Å²) in [5.41, 5.74) is 1.11. The second-order valence-electron chi connectivity index (χ2n) is 12.3. The molecule has 0 saturated carbocycles. The molecule has 214 valence electrons. The minimum Gasteiger partial charge on any atom is -0.410 e. The second-order valence-corrected chi connectivity index (χ2v) is 17.0. The summed E-state index contributed by atoms with van der Waals surface area (Å²) in [6, 6.07) is 19.9. The first-order valence-corrected chi connectivity index (χ1v) is 16.6. The number of methoxy groups -OCH3 is 1. The number of hydrogen-bond donors (Lipinski definition) is 0. The lowest BCUT2D eigenvalue weighted by Gasteiger charge is -2.48. The van der Waals surface area contributed by atoms with Gasteiger partial charge < -0.3 is 23.4 Å². The summed E-state index contributed by atoms with van der Waals surface area (Å²) >= 11 is 0. The van der Waals surface area contributed by atoms with E-state index in [0.29, 0.717) is 13.2 Å². The number of ketones is 1. The molecule has 2 aromatic carbocycles. The summed E-state index contributed by atoms with van der Waals surface area (Å²) in [4.78, 5) is 14.2. The Labute approximate surface area is 235 Å². The van der Waals surface area contributed by atoms with Gasteiger partial charge in [0.2, 0.25) is 0 Å². The smallest absolute Gasteiger partial charge is 0.192 e. The Morgan fingerprint density at radius 2 is 1.36 bits per heavy atom. The van der Waals surface area contributed by atoms with E-state index < -0.39 is 38.1 Å². The summed E-state index contributed by atoms with van der Waals surface area (Å²) in [5.74, 6) is -0.0445. The van der Waals surface area contributed by atoms with Crippen molar-refractivity contribution >= 4 is 14.1 Å². The normalized spacial score (nSPS) is 24.7. The summed E-state index contributed by atoms with van der Waals surface area (Å²) in [6.07, 6.45) is 1.27. The van der Waals surface area contributed by atoms with Gasteiger partial charge in [-0.05, 0) is 35.3 Å². The van der Waals surface area contributed by atoms with E-state index in [1.54, 1.807) is 13.2 Å². The van der Waals surface area contributed by atoms with E-state index in [1.165, 1.54) is 0 Å². The van der Waals surface area contributed by atoms with Crippen LogP contribution < -0.4 is 0 Å². The Morgan fingerprint density at radius 1 is 0.821 bits per heavy atom. The van der Waals surface area contributed by atoms with Gasteiger partial charge in [0, 0.05) is 7.11 Å². The number of benzene rings is 2. The highest BCUT2D eigenvalue weighted by Crippen LogP contribution is 2.43. The summed E-state index contributed by atoms with van der Waals surface area (Å²) in [6.45, 7) is 15.6. The van der Waals surface area contributed by atoms with E-state index >= 15 is 0 Å². The van der Waals surface area contributed by atoms with Gasteiger partial charge in [0.15, 0.2) is 14.1 Å². The maximum atomic E-state index is 14.2. The van der Waals surface area contributed by atoms with Crippen LogP contribution in [0.15, 0.2) is 72.8 Å². The SMILES string of the molecule is COCOC1/C=C\C(OCc2ccccc2)C(=O)C(C)(C)C(O[Si](C)(C)C(C)(C)C)C1OCc1ccccc1. The fraction of sp³-hybridized carbons (Fsp3) is 0.531. The number of rotatable bonds is 11. The number of Topliss-reactive ketones (excluding diaryl/α,β-unsaturated/α-hetero) is 1. The Morgan fingerprint density at radius 3 is 1.87 bits per heavy atom. The van der Waals surface area contributed by atoms with Crippen molar-refractivity contribution in [2.45, 2.75) is 90.4 Å². The largest absolute Gasteiger partial charge is 0.410 e. The van der Waals surface area contributed by atoms with Crippen molar-refractivity contribution in [3.05, 3.63) is 83.9 Å². The minimum atomic E-state index is -2.34. The quantitative estimate of drug-likeness (QED) is 0.175. The fourth-order valence-corrected chi connectivity index (χ4v) is 5.76. The van der Waals surface area contributed by atoms with Crippen LogP contribution in [0.25, 0.3) is 0 Å². The summed E-state index contributed by atoms with van der Waals surface area (Å²) in [7, 11) is -0.745. The van der Waals surface area contributed by atoms with Crippen LogP contribution in [0.3, 0.4) is 0 Å². The van der Waals surface area contributed by atoms with E-state index in [9.17, 15) is 4.79 Å². The molecule has 39 heavy (non-hydrogen) atoms. The molecule has 4 unspecified atom stereocenters. The number of ether oxygens (including phenoxy) is 4. The fourth-order valence-electron chi connectivity index (χ4n) is 4.34. The molecule has 0 fully saturated rings. The van der Waals surface area contributed by atoms with Crippen LogP contribution >= 0.6 is 0 Å². The van der Waals surface area contributed by atoms with Gasteiger partial charge in [0.05, 0.1) is 24.7 Å². The number of hydrogen-bond acceptors (Lipinski definition) is 6. The third-order valence-corrected chi connectivity index (χ3v) is 12.3. The van der Waals surface area contributed by atoms with Crippen molar-refractivity contribution < 1.29 is 28.2 Å². The molecular formula is C32H46O6Si. The van der Waals surface area contributed by atoms with E-state index in [-0.39, 0.29) is 17.6 Å². The molecule has 2 aromatic rings.